The normalized spacial score (nSPS) is 11.9. The maximum Gasteiger partial charge on any atom is 0.101 e. The van der Waals surface area contributed by atoms with Crippen LogP contribution in [0.25, 0.3) is 0 Å². The molecule has 1 aromatic carbocycles. The van der Waals surface area contributed by atoms with E-state index in [0.717, 1.165) is 0 Å². The summed E-state index contributed by atoms with van der Waals surface area (Å²) in [7, 11) is 1.64. The molecule has 0 fully saturated rings. The molecular weight excluding hydrogens is 212 g/mol. The van der Waals surface area contributed by atoms with Crippen LogP contribution >= 0.6 is 11.6 Å². The summed E-state index contributed by atoms with van der Waals surface area (Å²) in [4.78, 5) is 0. The molecular formula is C11H13ClN2O. The van der Waals surface area contributed by atoms with Crippen molar-refractivity contribution in [3.8, 4) is 6.07 Å². The second kappa shape index (κ2) is 5.59. The average molecular weight is 225 g/mol. The number of nitrogens with one attached hydrogen (secondary N) is 1. The van der Waals surface area contributed by atoms with E-state index in [2.05, 4.69) is 11.4 Å². The third-order valence-electron chi connectivity index (χ3n) is 2.10. The highest BCUT2D eigenvalue weighted by molar-refractivity contribution is 6.33. The van der Waals surface area contributed by atoms with Crippen LogP contribution in [-0.2, 0) is 4.74 Å². The van der Waals surface area contributed by atoms with E-state index in [-0.39, 0.29) is 6.10 Å². The van der Waals surface area contributed by atoms with Crippen LogP contribution in [-0.4, -0.2) is 19.8 Å². The summed E-state index contributed by atoms with van der Waals surface area (Å²) in [5.41, 5.74) is 1.22. The number of nitrogens with zero attached hydrogens (tertiary/aromatic N) is 1. The van der Waals surface area contributed by atoms with Gasteiger partial charge in [-0.3, -0.25) is 0 Å². The molecule has 0 saturated carbocycles. The smallest absolute Gasteiger partial charge is 0.101 e. The van der Waals surface area contributed by atoms with Crippen molar-refractivity contribution in [2.24, 2.45) is 0 Å². The number of methoxy groups -OCH3 is 1. The summed E-state index contributed by atoms with van der Waals surface area (Å²) >= 11 is 5.98. The molecule has 3 nitrogen and oxygen atoms in total. The molecule has 0 aliphatic carbocycles. The first-order valence-electron chi connectivity index (χ1n) is 4.64. The molecule has 0 saturated heterocycles. The molecule has 0 heterocycles. The number of halogens is 1. The lowest BCUT2D eigenvalue weighted by Crippen LogP contribution is -2.18. The van der Waals surface area contributed by atoms with Gasteiger partial charge in [0, 0.05) is 13.7 Å². The fourth-order valence-corrected chi connectivity index (χ4v) is 1.37. The highest BCUT2D eigenvalue weighted by Crippen LogP contribution is 2.25. The van der Waals surface area contributed by atoms with E-state index in [1.807, 2.05) is 6.92 Å². The third kappa shape index (κ3) is 3.12. The zero-order valence-corrected chi connectivity index (χ0v) is 9.51. The van der Waals surface area contributed by atoms with Gasteiger partial charge in [0.05, 0.1) is 22.4 Å². The molecule has 4 heteroatoms. The Kier molecular flexibility index (Phi) is 4.41. The summed E-state index contributed by atoms with van der Waals surface area (Å²) in [6.07, 6.45) is 0.0767. The van der Waals surface area contributed by atoms with Gasteiger partial charge in [0.2, 0.25) is 0 Å². The number of rotatable bonds is 4. The van der Waals surface area contributed by atoms with Crippen molar-refractivity contribution in [3.05, 3.63) is 28.8 Å². The van der Waals surface area contributed by atoms with Crippen LogP contribution in [0.3, 0.4) is 0 Å². The van der Waals surface area contributed by atoms with Crippen LogP contribution in [0.1, 0.15) is 12.5 Å². The number of nitriles is 1. The number of hydrogen-bond donors (Lipinski definition) is 1. The van der Waals surface area contributed by atoms with Crippen molar-refractivity contribution < 1.29 is 4.74 Å². The second-order valence-electron chi connectivity index (χ2n) is 3.20. The number of ether oxygens (including phenoxy) is 1. The Morgan fingerprint density at radius 2 is 2.33 bits per heavy atom. The van der Waals surface area contributed by atoms with Crippen LogP contribution < -0.4 is 5.32 Å². The van der Waals surface area contributed by atoms with Gasteiger partial charge in [-0.25, -0.2) is 0 Å². The van der Waals surface area contributed by atoms with E-state index in [1.165, 1.54) is 0 Å². The molecule has 0 aliphatic rings. The molecule has 1 rings (SSSR count). The summed E-state index contributed by atoms with van der Waals surface area (Å²) in [5, 5.41) is 12.5. The van der Waals surface area contributed by atoms with Crippen molar-refractivity contribution in [1.29, 1.82) is 5.26 Å². The Morgan fingerprint density at radius 1 is 1.60 bits per heavy atom. The number of benzene rings is 1. The lowest BCUT2D eigenvalue weighted by atomic mass is 10.2. The zero-order valence-electron chi connectivity index (χ0n) is 8.75. The standard InChI is InChI=1S/C11H13ClN2O/c1-8(15-2)7-14-11-9(6-13)4-3-5-10(11)12/h3-5,8,14H,7H2,1-2H3. The molecule has 0 bridgehead atoms. The molecule has 0 amide bonds. The van der Waals surface area contributed by atoms with Gasteiger partial charge in [-0.15, -0.1) is 0 Å². The topological polar surface area (TPSA) is 45.0 Å². The SMILES string of the molecule is COC(C)CNc1c(Cl)cccc1C#N. The molecule has 0 aliphatic heterocycles. The minimum atomic E-state index is 0.0767. The quantitative estimate of drug-likeness (QED) is 0.855. The van der Waals surface area contributed by atoms with E-state index in [9.17, 15) is 0 Å². The first kappa shape index (κ1) is 11.8. The Bertz CT molecular complexity index is 373. The molecule has 0 spiro atoms. The summed E-state index contributed by atoms with van der Waals surface area (Å²) in [5.74, 6) is 0. The van der Waals surface area contributed by atoms with Gasteiger partial charge in [-0.05, 0) is 19.1 Å². The molecule has 0 aromatic heterocycles. The van der Waals surface area contributed by atoms with Gasteiger partial charge in [0.1, 0.15) is 6.07 Å². The lowest BCUT2D eigenvalue weighted by molar-refractivity contribution is 0.129. The van der Waals surface area contributed by atoms with Gasteiger partial charge in [-0.2, -0.15) is 5.26 Å². The molecule has 1 aromatic rings. The molecule has 1 unspecified atom stereocenters. The summed E-state index contributed by atoms with van der Waals surface area (Å²) < 4.78 is 5.10. The highest BCUT2D eigenvalue weighted by Gasteiger charge is 2.07. The lowest BCUT2D eigenvalue weighted by Gasteiger charge is -2.13. The number of anilines is 1. The summed E-state index contributed by atoms with van der Waals surface area (Å²) in [6.45, 7) is 2.56. The van der Waals surface area contributed by atoms with Gasteiger partial charge < -0.3 is 10.1 Å². The minimum absolute atomic E-state index is 0.0767. The van der Waals surface area contributed by atoms with Crippen molar-refractivity contribution in [3.63, 3.8) is 0 Å². The van der Waals surface area contributed by atoms with Crippen LogP contribution in [0.5, 0.6) is 0 Å². The zero-order chi connectivity index (χ0) is 11.3. The predicted molar refractivity (Wildman–Crippen MR) is 61.1 cm³/mol. The van der Waals surface area contributed by atoms with Gasteiger partial charge in [-0.1, -0.05) is 17.7 Å². The summed E-state index contributed by atoms with van der Waals surface area (Å²) in [6, 6.07) is 7.33. The monoisotopic (exact) mass is 224 g/mol. The van der Waals surface area contributed by atoms with Crippen LogP contribution in [0.4, 0.5) is 5.69 Å². The van der Waals surface area contributed by atoms with Crippen LogP contribution in [0, 0.1) is 11.3 Å². The molecule has 1 N–H and O–H groups in total. The molecule has 0 radical (unpaired) electrons. The second-order valence-corrected chi connectivity index (χ2v) is 3.61. The van der Waals surface area contributed by atoms with Gasteiger partial charge in [0.25, 0.3) is 0 Å². The fraction of sp³-hybridized carbons (Fsp3) is 0.364. The van der Waals surface area contributed by atoms with Crippen molar-refractivity contribution in [2.45, 2.75) is 13.0 Å². The Hall–Kier alpha value is -1.24. The maximum atomic E-state index is 8.89. The largest absolute Gasteiger partial charge is 0.380 e. The number of hydrogen-bond acceptors (Lipinski definition) is 3. The fourth-order valence-electron chi connectivity index (χ4n) is 1.13. The molecule has 80 valence electrons. The predicted octanol–water partition coefficient (Wildman–Crippen LogP) is 2.66. The van der Waals surface area contributed by atoms with Crippen molar-refractivity contribution in [2.75, 3.05) is 19.0 Å². The maximum absolute atomic E-state index is 8.89. The Labute approximate surface area is 94.6 Å². The van der Waals surface area contributed by atoms with Gasteiger partial charge >= 0.3 is 0 Å². The van der Waals surface area contributed by atoms with E-state index in [0.29, 0.717) is 22.8 Å². The van der Waals surface area contributed by atoms with Crippen LogP contribution in [0.2, 0.25) is 5.02 Å². The number of para-hydroxylation sites is 1. The Balaban J connectivity index is 2.80. The highest BCUT2D eigenvalue weighted by atomic mass is 35.5. The van der Waals surface area contributed by atoms with Crippen molar-refractivity contribution >= 4 is 17.3 Å². The van der Waals surface area contributed by atoms with Crippen LogP contribution in [0.15, 0.2) is 18.2 Å². The molecule has 15 heavy (non-hydrogen) atoms. The minimum Gasteiger partial charge on any atom is -0.380 e. The first-order valence-corrected chi connectivity index (χ1v) is 5.02. The van der Waals surface area contributed by atoms with Crippen molar-refractivity contribution in [1.82, 2.24) is 0 Å². The van der Waals surface area contributed by atoms with E-state index >= 15 is 0 Å². The Morgan fingerprint density at radius 3 is 2.93 bits per heavy atom. The van der Waals surface area contributed by atoms with E-state index in [1.54, 1.807) is 25.3 Å². The average Bonchev–Trinajstić information content (AvgIpc) is 2.26. The van der Waals surface area contributed by atoms with Gasteiger partial charge in [0.15, 0.2) is 0 Å². The van der Waals surface area contributed by atoms with E-state index < -0.39 is 0 Å². The first-order chi connectivity index (χ1) is 7.19. The third-order valence-corrected chi connectivity index (χ3v) is 2.42. The van der Waals surface area contributed by atoms with E-state index in [4.69, 9.17) is 21.6 Å². The molecule has 1 atom stereocenters.